The fourth-order valence-corrected chi connectivity index (χ4v) is 2.16. The third-order valence-corrected chi connectivity index (χ3v) is 2.81. The SMILES string of the molecule is C1=POOc2ccc3ccccc3c21. The van der Waals surface area contributed by atoms with Gasteiger partial charge in [-0.05, 0) is 16.8 Å². The van der Waals surface area contributed by atoms with Gasteiger partial charge in [0.25, 0.3) is 0 Å². The van der Waals surface area contributed by atoms with E-state index in [-0.39, 0.29) is 0 Å². The molecule has 14 heavy (non-hydrogen) atoms. The van der Waals surface area contributed by atoms with Crippen LogP contribution in [0.5, 0.6) is 5.75 Å². The number of hydrogen-bond donors (Lipinski definition) is 0. The highest BCUT2D eigenvalue weighted by Crippen LogP contribution is 2.31. The van der Waals surface area contributed by atoms with Gasteiger partial charge in [0.1, 0.15) is 8.43 Å². The number of benzene rings is 2. The first-order valence-corrected chi connectivity index (χ1v) is 5.22. The fraction of sp³-hybridized carbons (Fsp3) is 0. The van der Waals surface area contributed by atoms with Crippen molar-refractivity contribution in [1.82, 2.24) is 0 Å². The Labute approximate surface area is 82.9 Å². The normalized spacial score (nSPS) is 14.9. The number of fused-ring (bicyclic) bond motifs is 3. The lowest BCUT2D eigenvalue weighted by molar-refractivity contribution is -0.0822. The maximum Gasteiger partial charge on any atom is 0.174 e. The lowest BCUT2D eigenvalue weighted by atomic mass is 10.1. The summed E-state index contributed by atoms with van der Waals surface area (Å²) in [5.74, 6) is 2.81. The van der Waals surface area contributed by atoms with Gasteiger partial charge in [-0.3, -0.25) is 0 Å². The van der Waals surface area contributed by atoms with Crippen LogP contribution < -0.4 is 4.89 Å². The second kappa shape index (κ2) is 3.09. The molecule has 1 aliphatic heterocycles. The van der Waals surface area contributed by atoms with Gasteiger partial charge >= 0.3 is 0 Å². The summed E-state index contributed by atoms with van der Waals surface area (Å²) in [6.45, 7) is 0. The van der Waals surface area contributed by atoms with E-state index < -0.39 is 0 Å². The minimum atomic E-state index is 0.745. The van der Waals surface area contributed by atoms with Crippen LogP contribution in [-0.2, 0) is 4.67 Å². The van der Waals surface area contributed by atoms with Crippen LogP contribution in [0, 0.1) is 0 Å². The Kier molecular flexibility index (Phi) is 1.76. The molecule has 0 saturated heterocycles. The summed E-state index contributed by atoms with van der Waals surface area (Å²) >= 11 is 0. The van der Waals surface area contributed by atoms with Crippen molar-refractivity contribution in [3.63, 3.8) is 0 Å². The minimum absolute atomic E-state index is 0.745. The summed E-state index contributed by atoms with van der Waals surface area (Å²) < 4.78 is 4.86. The summed E-state index contributed by atoms with van der Waals surface area (Å²) in [6, 6.07) is 12.2. The van der Waals surface area contributed by atoms with Crippen molar-refractivity contribution in [3.8, 4) is 5.75 Å². The van der Waals surface area contributed by atoms with Crippen molar-refractivity contribution in [2.24, 2.45) is 0 Å². The first kappa shape index (κ1) is 7.98. The van der Waals surface area contributed by atoms with Crippen LogP contribution in [0.3, 0.4) is 0 Å². The Balaban J connectivity index is 2.42. The van der Waals surface area contributed by atoms with Gasteiger partial charge in [0.15, 0.2) is 5.75 Å². The fourth-order valence-electron chi connectivity index (χ4n) is 1.62. The molecule has 0 unspecified atom stereocenters. The zero-order chi connectivity index (χ0) is 9.38. The molecular formula is C11H7O2P. The molecule has 1 aliphatic rings. The van der Waals surface area contributed by atoms with E-state index >= 15 is 0 Å². The average molecular weight is 202 g/mol. The van der Waals surface area contributed by atoms with Crippen LogP contribution in [0.1, 0.15) is 5.56 Å². The Hall–Kier alpha value is -1.37. The molecule has 0 spiro atoms. The summed E-state index contributed by atoms with van der Waals surface area (Å²) in [5.41, 5.74) is 1.12. The molecule has 3 rings (SSSR count). The van der Waals surface area contributed by atoms with Gasteiger partial charge in [0.2, 0.25) is 0 Å². The van der Waals surface area contributed by atoms with Crippen LogP contribution in [0.4, 0.5) is 0 Å². The van der Waals surface area contributed by atoms with E-state index in [1.54, 1.807) is 0 Å². The summed E-state index contributed by atoms with van der Waals surface area (Å²) in [7, 11) is 0.745. The summed E-state index contributed by atoms with van der Waals surface area (Å²) in [4.78, 5) is 5.09. The van der Waals surface area contributed by atoms with Gasteiger partial charge in [0.05, 0.1) is 0 Å². The lowest BCUT2D eigenvalue weighted by Crippen LogP contribution is -1.97. The molecule has 3 heteroatoms. The highest BCUT2D eigenvalue weighted by Gasteiger charge is 2.10. The van der Waals surface area contributed by atoms with Crippen molar-refractivity contribution in [3.05, 3.63) is 42.0 Å². The molecule has 0 aliphatic carbocycles. The standard InChI is InChI=1S/C11H7O2P/c1-2-4-9-8(3-1)5-6-11-10(9)7-14-13-12-11/h1-7H. The second-order valence-corrected chi connectivity index (χ2v) is 3.71. The van der Waals surface area contributed by atoms with Gasteiger partial charge in [-0.1, -0.05) is 30.3 Å². The van der Waals surface area contributed by atoms with E-state index in [4.69, 9.17) is 9.56 Å². The molecule has 68 valence electrons. The minimum Gasteiger partial charge on any atom is -0.328 e. The molecule has 1 heterocycles. The predicted molar refractivity (Wildman–Crippen MR) is 57.7 cm³/mol. The van der Waals surface area contributed by atoms with Gasteiger partial charge in [0, 0.05) is 11.4 Å². The average Bonchev–Trinajstić information content (AvgIpc) is 2.29. The van der Waals surface area contributed by atoms with Crippen LogP contribution in [0.2, 0.25) is 0 Å². The van der Waals surface area contributed by atoms with Crippen molar-refractivity contribution >= 4 is 25.0 Å². The van der Waals surface area contributed by atoms with Gasteiger partial charge in [-0.25, -0.2) is 0 Å². The largest absolute Gasteiger partial charge is 0.328 e. The Morgan fingerprint density at radius 1 is 1.00 bits per heavy atom. The first-order chi connectivity index (χ1) is 6.95. The molecule has 2 aromatic rings. The van der Waals surface area contributed by atoms with Crippen LogP contribution in [0.15, 0.2) is 36.4 Å². The summed E-state index contributed by atoms with van der Waals surface area (Å²) in [5, 5.41) is 2.43. The molecule has 0 radical (unpaired) electrons. The molecule has 0 aromatic heterocycles. The molecule has 0 bridgehead atoms. The van der Waals surface area contributed by atoms with Crippen molar-refractivity contribution < 1.29 is 9.56 Å². The Morgan fingerprint density at radius 2 is 1.93 bits per heavy atom. The highest BCUT2D eigenvalue weighted by atomic mass is 31.1. The smallest absolute Gasteiger partial charge is 0.174 e. The zero-order valence-corrected chi connectivity index (χ0v) is 8.20. The highest BCUT2D eigenvalue weighted by molar-refractivity contribution is 7.33. The molecule has 0 N–H and O–H groups in total. The first-order valence-electron chi connectivity index (χ1n) is 4.34. The summed E-state index contributed by atoms with van der Waals surface area (Å²) in [6.07, 6.45) is 0. The molecule has 0 amide bonds. The third kappa shape index (κ3) is 1.12. The van der Waals surface area contributed by atoms with E-state index in [1.165, 1.54) is 10.8 Å². The number of rotatable bonds is 0. The van der Waals surface area contributed by atoms with Crippen molar-refractivity contribution in [1.29, 1.82) is 0 Å². The van der Waals surface area contributed by atoms with Crippen LogP contribution in [0.25, 0.3) is 10.8 Å². The Morgan fingerprint density at radius 3 is 2.93 bits per heavy atom. The quantitative estimate of drug-likeness (QED) is 0.482. The molecule has 2 nitrogen and oxygen atoms in total. The lowest BCUT2D eigenvalue weighted by Gasteiger charge is -2.11. The van der Waals surface area contributed by atoms with Gasteiger partial charge < -0.3 is 4.89 Å². The van der Waals surface area contributed by atoms with Crippen LogP contribution in [-0.4, -0.2) is 5.80 Å². The predicted octanol–water partition coefficient (Wildman–Crippen LogP) is 3.18. The maximum absolute atomic E-state index is 5.09. The van der Waals surface area contributed by atoms with Crippen molar-refractivity contribution in [2.75, 3.05) is 0 Å². The third-order valence-electron chi connectivity index (χ3n) is 2.28. The topological polar surface area (TPSA) is 18.5 Å². The zero-order valence-electron chi connectivity index (χ0n) is 7.31. The molecule has 0 saturated carbocycles. The number of hydrogen-bond acceptors (Lipinski definition) is 2. The monoisotopic (exact) mass is 202 g/mol. The molecule has 0 fully saturated rings. The van der Waals surface area contributed by atoms with Gasteiger partial charge in [-0.2, -0.15) is 0 Å². The van der Waals surface area contributed by atoms with E-state index in [9.17, 15) is 0 Å². The second-order valence-electron chi connectivity index (χ2n) is 3.09. The van der Waals surface area contributed by atoms with Gasteiger partial charge in [-0.15, -0.1) is 4.67 Å². The van der Waals surface area contributed by atoms with E-state index in [0.717, 1.165) is 19.7 Å². The van der Waals surface area contributed by atoms with E-state index in [2.05, 4.69) is 12.1 Å². The Bertz CT molecular complexity index is 520. The molecule has 2 aromatic carbocycles. The van der Waals surface area contributed by atoms with E-state index in [0.29, 0.717) is 0 Å². The maximum atomic E-state index is 5.09. The van der Waals surface area contributed by atoms with E-state index in [1.807, 2.05) is 30.1 Å². The van der Waals surface area contributed by atoms with Crippen molar-refractivity contribution in [2.45, 2.75) is 0 Å². The van der Waals surface area contributed by atoms with Crippen LogP contribution >= 0.6 is 8.43 Å². The molecule has 0 atom stereocenters. The molecular weight excluding hydrogens is 195 g/mol.